The Balaban J connectivity index is 1.80. The summed E-state index contributed by atoms with van der Waals surface area (Å²) < 4.78 is 18.0. The zero-order valence-electron chi connectivity index (χ0n) is 11.8. The molecule has 6 heteroatoms. The number of nitrogens with zero attached hydrogens (tertiary/aromatic N) is 1. The summed E-state index contributed by atoms with van der Waals surface area (Å²) in [5.74, 6) is -0.168. The van der Waals surface area contributed by atoms with Crippen molar-refractivity contribution in [1.29, 1.82) is 0 Å². The minimum atomic E-state index is -0.397. The Morgan fingerprint density at radius 1 is 1.32 bits per heavy atom. The number of aryl methyl sites for hydroxylation is 1. The Kier molecular flexibility index (Phi) is 5.49. The molecule has 0 aliphatic heterocycles. The first kappa shape index (κ1) is 16.0. The first-order valence-electron chi connectivity index (χ1n) is 6.51. The van der Waals surface area contributed by atoms with Gasteiger partial charge >= 0.3 is 0 Å². The van der Waals surface area contributed by atoms with Crippen molar-refractivity contribution in [2.45, 2.75) is 6.92 Å². The summed E-state index contributed by atoms with van der Waals surface area (Å²) in [6, 6.07) is 10.9. The Morgan fingerprint density at radius 2 is 2.05 bits per heavy atom. The van der Waals surface area contributed by atoms with Crippen LogP contribution in [0.5, 0.6) is 5.75 Å². The second-order valence-corrected chi connectivity index (χ2v) is 4.95. The average molecular weight is 321 g/mol. The van der Waals surface area contributed by atoms with Crippen LogP contribution in [0.25, 0.3) is 0 Å². The van der Waals surface area contributed by atoms with Crippen LogP contribution in [0.1, 0.15) is 11.1 Å². The molecular weight excluding hydrogens is 307 g/mol. The fourth-order valence-electron chi connectivity index (χ4n) is 1.62. The van der Waals surface area contributed by atoms with Gasteiger partial charge in [0, 0.05) is 5.02 Å². The molecule has 1 amide bonds. The molecule has 4 nitrogen and oxygen atoms in total. The summed E-state index contributed by atoms with van der Waals surface area (Å²) in [5, 5.41) is 4.41. The molecule has 0 heterocycles. The molecule has 0 saturated heterocycles. The number of carbonyl (C=O) groups is 1. The maximum absolute atomic E-state index is 12.7. The Hall–Kier alpha value is -2.40. The predicted molar refractivity (Wildman–Crippen MR) is 83.8 cm³/mol. The lowest BCUT2D eigenvalue weighted by Gasteiger charge is -2.06. The van der Waals surface area contributed by atoms with Crippen molar-refractivity contribution in [3.8, 4) is 5.75 Å². The van der Waals surface area contributed by atoms with Crippen molar-refractivity contribution in [1.82, 2.24) is 5.43 Å². The van der Waals surface area contributed by atoms with E-state index >= 15 is 0 Å². The number of nitrogens with one attached hydrogen (secondary N) is 1. The predicted octanol–water partition coefficient (Wildman–Crippen LogP) is 3.32. The third-order valence-corrected chi connectivity index (χ3v) is 3.20. The van der Waals surface area contributed by atoms with Crippen molar-refractivity contribution < 1.29 is 13.9 Å². The Bertz CT molecular complexity index is 687. The van der Waals surface area contributed by atoms with Gasteiger partial charge in [0.1, 0.15) is 11.6 Å². The van der Waals surface area contributed by atoms with E-state index in [1.807, 2.05) is 6.92 Å². The van der Waals surface area contributed by atoms with Gasteiger partial charge in [0.05, 0.1) is 6.21 Å². The standard InChI is InChI=1S/C16H14ClFN2O2/c1-11-8-14(6-7-15(11)17)22-10-16(21)20-19-9-12-2-4-13(18)5-3-12/h2-9H,10H2,1H3,(H,20,21)/b19-9-. The van der Waals surface area contributed by atoms with Crippen LogP contribution in [0.2, 0.25) is 5.02 Å². The summed E-state index contributed by atoms with van der Waals surface area (Å²) in [7, 11) is 0. The average Bonchev–Trinajstić information content (AvgIpc) is 2.50. The van der Waals surface area contributed by atoms with E-state index in [0.29, 0.717) is 16.3 Å². The molecule has 1 N–H and O–H groups in total. The SMILES string of the molecule is Cc1cc(OCC(=O)N/N=C\c2ccc(F)cc2)ccc1Cl. The van der Waals surface area contributed by atoms with Gasteiger partial charge in [-0.05, 0) is 48.4 Å². The molecule has 0 unspecified atom stereocenters. The van der Waals surface area contributed by atoms with Gasteiger partial charge in [0.15, 0.2) is 6.61 Å². The maximum Gasteiger partial charge on any atom is 0.277 e. The fraction of sp³-hybridized carbons (Fsp3) is 0.125. The van der Waals surface area contributed by atoms with Crippen molar-refractivity contribution in [2.24, 2.45) is 5.10 Å². The molecule has 0 atom stereocenters. The number of hydrogen-bond donors (Lipinski definition) is 1. The van der Waals surface area contributed by atoms with Crippen molar-refractivity contribution in [3.63, 3.8) is 0 Å². The summed E-state index contributed by atoms with van der Waals surface area (Å²) in [6.07, 6.45) is 1.42. The molecule has 0 aliphatic carbocycles. The maximum atomic E-state index is 12.7. The normalized spacial score (nSPS) is 10.7. The molecule has 22 heavy (non-hydrogen) atoms. The van der Waals surface area contributed by atoms with Crippen LogP contribution in [-0.4, -0.2) is 18.7 Å². The molecular formula is C16H14ClFN2O2. The van der Waals surface area contributed by atoms with Crippen LogP contribution in [0.4, 0.5) is 4.39 Å². The number of ether oxygens (including phenoxy) is 1. The van der Waals surface area contributed by atoms with Crippen LogP contribution < -0.4 is 10.2 Å². The zero-order chi connectivity index (χ0) is 15.9. The van der Waals surface area contributed by atoms with Crippen LogP contribution in [0.15, 0.2) is 47.6 Å². The molecule has 2 rings (SSSR count). The van der Waals surface area contributed by atoms with E-state index in [1.165, 1.54) is 18.3 Å². The minimum absolute atomic E-state index is 0.165. The number of hydrazone groups is 1. The van der Waals surface area contributed by atoms with E-state index in [2.05, 4.69) is 10.5 Å². The van der Waals surface area contributed by atoms with Crippen LogP contribution in [0.3, 0.4) is 0 Å². The van der Waals surface area contributed by atoms with E-state index in [-0.39, 0.29) is 12.4 Å². The number of benzene rings is 2. The quantitative estimate of drug-likeness (QED) is 0.678. The molecule has 0 aromatic heterocycles. The monoisotopic (exact) mass is 320 g/mol. The van der Waals surface area contributed by atoms with Gasteiger partial charge < -0.3 is 4.74 Å². The smallest absolute Gasteiger partial charge is 0.277 e. The number of carbonyl (C=O) groups excluding carboxylic acids is 1. The number of amides is 1. The van der Waals surface area contributed by atoms with E-state index in [1.54, 1.807) is 30.3 Å². The Morgan fingerprint density at radius 3 is 2.73 bits per heavy atom. The largest absolute Gasteiger partial charge is 0.484 e. The highest BCUT2D eigenvalue weighted by Crippen LogP contribution is 2.20. The molecule has 0 radical (unpaired) electrons. The highest BCUT2D eigenvalue weighted by atomic mass is 35.5. The van der Waals surface area contributed by atoms with Crippen LogP contribution >= 0.6 is 11.6 Å². The number of halogens is 2. The lowest BCUT2D eigenvalue weighted by atomic mass is 10.2. The summed E-state index contributed by atoms with van der Waals surface area (Å²) in [6.45, 7) is 1.68. The van der Waals surface area contributed by atoms with E-state index < -0.39 is 5.91 Å². The highest BCUT2D eigenvalue weighted by molar-refractivity contribution is 6.31. The summed E-state index contributed by atoms with van der Waals surface area (Å²) >= 11 is 5.90. The third kappa shape index (κ3) is 4.86. The molecule has 0 fully saturated rings. The van der Waals surface area contributed by atoms with Gasteiger partial charge in [-0.1, -0.05) is 23.7 Å². The second kappa shape index (κ2) is 7.56. The topological polar surface area (TPSA) is 50.7 Å². The second-order valence-electron chi connectivity index (χ2n) is 4.54. The van der Waals surface area contributed by atoms with E-state index in [9.17, 15) is 9.18 Å². The Labute approximate surface area is 132 Å². The molecule has 0 aliphatic rings. The molecule has 2 aromatic rings. The van der Waals surface area contributed by atoms with Gasteiger partial charge in [-0.15, -0.1) is 0 Å². The molecule has 0 saturated carbocycles. The fourth-order valence-corrected chi connectivity index (χ4v) is 1.73. The van der Waals surface area contributed by atoms with Crippen LogP contribution in [0, 0.1) is 12.7 Å². The molecule has 0 bridgehead atoms. The van der Waals surface area contributed by atoms with Crippen LogP contribution in [-0.2, 0) is 4.79 Å². The van der Waals surface area contributed by atoms with Crippen molar-refractivity contribution in [2.75, 3.05) is 6.61 Å². The summed E-state index contributed by atoms with van der Waals surface area (Å²) in [5.41, 5.74) is 3.87. The van der Waals surface area contributed by atoms with Gasteiger partial charge in [-0.2, -0.15) is 5.10 Å². The highest BCUT2D eigenvalue weighted by Gasteiger charge is 2.03. The first-order chi connectivity index (χ1) is 10.5. The zero-order valence-corrected chi connectivity index (χ0v) is 12.6. The first-order valence-corrected chi connectivity index (χ1v) is 6.89. The summed E-state index contributed by atoms with van der Waals surface area (Å²) in [4.78, 5) is 11.6. The van der Waals surface area contributed by atoms with Gasteiger partial charge in [-0.3, -0.25) is 4.79 Å². The van der Waals surface area contributed by atoms with Crippen molar-refractivity contribution in [3.05, 3.63) is 64.4 Å². The molecule has 0 spiro atoms. The van der Waals surface area contributed by atoms with Gasteiger partial charge in [-0.25, -0.2) is 9.82 Å². The third-order valence-electron chi connectivity index (χ3n) is 2.77. The van der Waals surface area contributed by atoms with Gasteiger partial charge in [0.2, 0.25) is 0 Å². The van der Waals surface area contributed by atoms with Crippen molar-refractivity contribution >= 4 is 23.7 Å². The lowest BCUT2D eigenvalue weighted by Crippen LogP contribution is -2.24. The minimum Gasteiger partial charge on any atom is -0.484 e. The number of rotatable bonds is 5. The molecule has 114 valence electrons. The van der Waals surface area contributed by atoms with Gasteiger partial charge in [0.25, 0.3) is 5.91 Å². The lowest BCUT2D eigenvalue weighted by molar-refractivity contribution is -0.123. The van der Waals surface area contributed by atoms with E-state index in [4.69, 9.17) is 16.3 Å². The van der Waals surface area contributed by atoms with E-state index in [0.717, 1.165) is 5.56 Å². The number of hydrogen-bond acceptors (Lipinski definition) is 3. The molecule has 2 aromatic carbocycles.